The van der Waals surface area contributed by atoms with Crippen LogP contribution in [0.3, 0.4) is 0 Å². The maximum absolute atomic E-state index is 11.3. The van der Waals surface area contributed by atoms with Crippen LogP contribution in [-0.2, 0) is 16.3 Å². The van der Waals surface area contributed by atoms with Gasteiger partial charge in [-0.2, -0.15) is 4.98 Å². The zero-order valence-corrected chi connectivity index (χ0v) is 13.4. The first-order valence-electron chi connectivity index (χ1n) is 7.21. The van der Waals surface area contributed by atoms with Gasteiger partial charge in [0.2, 0.25) is 5.89 Å². The van der Waals surface area contributed by atoms with Crippen LogP contribution in [0.2, 0.25) is 5.02 Å². The van der Waals surface area contributed by atoms with Crippen molar-refractivity contribution in [3.05, 3.63) is 46.6 Å². The smallest absolute Gasteiger partial charge is 0.229 e. The predicted octanol–water partition coefficient (Wildman–Crippen LogP) is 2.61. The van der Waals surface area contributed by atoms with Crippen molar-refractivity contribution in [2.45, 2.75) is 25.2 Å². The van der Waals surface area contributed by atoms with Gasteiger partial charge in [0.1, 0.15) is 0 Å². The number of halogens is 1. The van der Waals surface area contributed by atoms with Crippen LogP contribution < -0.4 is 0 Å². The van der Waals surface area contributed by atoms with E-state index in [1.165, 1.54) is 0 Å². The van der Waals surface area contributed by atoms with Crippen LogP contribution in [0.25, 0.3) is 0 Å². The normalized spacial score (nSPS) is 22.2. The number of sulfone groups is 1. The summed E-state index contributed by atoms with van der Waals surface area (Å²) in [5.74, 6) is 2.07. The molecule has 7 heteroatoms. The lowest BCUT2D eigenvalue weighted by atomic mass is 9.63. The Morgan fingerprint density at radius 1 is 1.27 bits per heavy atom. The molecule has 1 aromatic heterocycles. The van der Waals surface area contributed by atoms with Gasteiger partial charge in [0.05, 0.1) is 11.5 Å². The molecule has 1 saturated heterocycles. The molecule has 1 aromatic carbocycles. The van der Waals surface area contributed by atoms with E-state index in [4.69, 9.17) is 16.1 Å². The van der Waals surface area contributed by atoms with E-state index in [2.05, 4.69) is 10.1 Å². The summed E-state index contributed by atoms with van der Waals surface area (Å²) in [6.45, 7) is 0. The molecular formula is C15H15ClN2O3S. The second-order valence-electron chi connectivity index (χ2n) is 6.45. The molecule has 0 unspecified atom stereocenters. The molecule has 1 spiro atoms. The van der Waals surface area contributed by atoms with Crippen molar-refractivity contribution in [2.24, 2.45) is 5.41 Å². The highest BCUT2D eigenvalue weighted by Gasteiger charge is 2.57. The van der Waals surface area contributed by atoms with Gasteiger partial charge in [-0.15, -0.1) is 0 Å². The highest BCUT2D eigenvalue weighted by molar-refractivity contribution is 7.92. The average Bonchev–Trinajstić information content (AvgIpc) is 2.83. The highest BCUT2D eigenvalue weighted by Crippen LogP contribution is 2.56. The van der Waals surface area contributed by atoms with E-state index >= 15 is 0 Å². The predicted molar refractivity (Wildman–Crippen MR) is 81.6 cm³/mol. The van der Waals surface area contributed by atoms with Gasteiger partial charge in [0, 0.05) is 17.4 Å². The Balaban J connectivity index is 1.42. The van der Waals surface area contributed by atoms with Gasteiger partial charge in [-0.05, 0) is 29.9 Å². The number of hydrogen-bond donors (Lipinski definition) is 0. The quantitative estimate of drug-likeness (QED) is 0.860. The first-order chi connectivity index (χ1) is 10.4. The van der Waals surface area contributed by atoms with Crippen molar-refractivity contribution in [1.29, 1.82) is 0 Å². The van der Waals surface area contributed by atoms with Crippen LogP contribution in [-0.4, -0.2) is 30.1 Å². The molecule has 22 heavy (non-hydrogen) atoms. The summed E-state index contributed by atoms with van der Waals surface area (Å²) in [5.41, 5.74) is 0.951. The Morgan fingerprint density at radius 3 is 2.68 bits per heavy atom. The van der Waals surface area contributed by atoms with Crippen LogP contribution in [0, 0.1) is 5.41 Å². The van der Waals surface area contributed by atoms with Crippen molar-refractivity contribution in [2.75, 3.05) is 11.5 Å². The molecule has 4 rings (SSSR count). The van der Waals surface area contributed by atoms with E-state index in [-0.39, 0.29) is 11.3 Å². The molecule has 1 aliphatic heterocycles. The van der Waals surface area contributed by atoms with Crippen LogP contribution >= 0.6 is 11.6 Å². The molecule has 1 saturated carbocycles. The number of nitrogens with zero attached hydrogens (tertiary/aromatic N) is 2. The molecule has 1 aliphatic carbocycles. The number of benzene rings is 1. The van der Waals surface area contributed by atoms with E-state index in [9.17, 15) is 8.42 Å². The van der Waals surface area contributed by atoms with E-state index in [1.807, 2.05) is 24.3 Å². The molecule has 0 bridgehead atoms. The third-order valence-electron chi connectivity index (χ3n) is 4.55. The molecule has 0 N–H and O–H groups in total. The summed E-state index contributed by atoms with van der Waals surface area (Å²) in [4.78, 5) is 4.44. The first kappa shape index (κ1) is 14.2. The van der Waals surface area contributed by atoms with Gasteiger partial charge in [-0.3, -0.25) is 0 Å². The summed E-state index contributed by atoms with van der Waals surface area (Å²) in [7, 11) is -2.78. The summed E-state index contributed by atoms with van der Waals surface area (Å²) in [6, 6.07) is 7.59. The second kappa shape index (κ2) is 4.80. The van der Waals surface area contributed by atoms with Crippen LogP contribution in [0.5, 0.6) is 0 Å². The third kappa shape index (κ3) is 2.44. The van der Waals surface area contributed by atoms with Crippen molar-refractivity contribution < 1.29 is 12.9 Å². The maximum Gasteiger partial charge on any atom is 0.229 e. The number of rotatable bonds is 3. The van der Waals surface area contributed by atoms with Gasteiger partial charge in [0.25, 0.3) is 0 Å². The Kier molecular flexibility index (Phi) is 3.10. The summed E-state index contributed by atoms with van der Waals surface area (Å²) < 4.78 is 28.0. The molecule has 2 aromatic rings. The largest absolute Gasteiger partial charge is 0.339 e. The molecule has 0 radical (unpaired) electrons. The van der Waals surface area contributed by atoms with Gasteiger partial charge < -0.3 is 4.52 Å². The van der Waals surface area contributed by atoms with Crippen molar-refractivity contribution in [3.8, 4) is 0 Å². The monoisotopic (exact) mass is 338 g/mol. The fraction of sp³-hybridized carbons (Fsp3) is 0.467. The lowest BCUT2D eigenvalue weighted by Gasteiger charge is -2.51. The minimum atomic E-state index is -2.78. The van der Waals surface area contributed by atoms with Crippen LogP contribution in [0.4, 0.5) is 0 Å². The maximum atomic E-state index is 11.3. The Labute approximate surface area is 133 Å². The molecule has 2 heterocycles. The fourth-order valence-electron chi connectivity index (χ4n) is 3.60. The minimum absolute atomic E-state index is 0.0130. The first-order valence-corrected chi connectivity index (χ1v) is 9.41. The Hall–Kier alpha value is -1.40. The van der Waals surface area contributed by atoms with E-state index in [0.29, 0.717) is 34.7 Å². The average molecular weight is 339 g/mol. The minimum Gasteiger partial charge on any atom is -0.339 e. The zero-order valence-electron chi connectivity index (χ0n) is 11.8. The van der Waals surface area contributed by atoms with Crippen LogP contribution in [0.1, 0.15) is 36.0 Å². The molecule has 116 valence electrons. The zero-order chi connectivity index (χ0) is 15.4. The van der Waals surface area contributed by atoms with Crippen molar-refractivity contribution >= 4 is 21.4 Å². The Morgan fingerprint density at radius 2 is 2.00 bits per heavy atom. The van der Waals surface area contributed by atoms with Gasteiger partial charge in [-0.1, -0.05) is 35.0 Å². The molecule has 5 nitrogen and oxygen atoms in total. The lowest BCUT2D eigenvalue weighted by Crippen LogP contribution is -2.55. The van der Waals surface area contributed by atoms with Gasteiger partial charge >= 0.3 is 0 Å². The SMILES string of the molecule is O=S1(=O)CC2(CC(c3nc(Cc4ccccc4Cl)no3)C2)C1. The van der Waals surface area contributed by atoms with Gasteiger partial charge in [-0.25, -0.2) is 8.42 Å². The van der Waals surface area contributed by atoms with E-state index < -0.39 is 9.84 Å². The van der Waals surface area contributed by atoms with Crippen molar-refractivity contribution in [1.82, 2.24) is 10.1 Å². The number of aromatic nitrogens is 2. The standard InChI is InChI=1S/C15H15ClN2O3S/c16-12-4-2-1-3-10(12)5-13-17-14(21-18-13)11-6-15(7-11)8-22(19,20)9-15/h1-4,11H,5-9H2. The van der Waals surface area contributed by atoms with E-state index in [1.54, 1.807) is 0 Å². The summed E-state index contributed by atoms with van der Waals surface area (Å²) in [6.07, 6.45) is 2.20. The summed E-state index contributed by atoms with van der Waals surface area (Å²) >= 11 is 6.13. The van der Waals surface area contributed by atoms with E-state index in [0.717, 1.165) is 18.4 Å². The third-order valence-corrected chi connectivity index (χ3v) is 7.02. The molecule has 2 fully saturated rings. The summed E-state index contributed by atoms with van der Waals surface area (Å²) in [5, 5.41) is 4.70. The second-order valence-corrected chi connectivity index (χ2v) is 8.93. The molecule has 0 amide bonds. The lowest BCUT2D eigenvalue weighted by molar-refractivity contribution is 0.114. The fourth-order valence-corrected chi connectivity index (χ4v) is 6.06. The van der Waals surface area contributed by atoms with Gasteiger partial charge in [0.15, 0.2) is 15.7 Å². The highest BCUT2D eigenvalue weighted by atomic mass is 35.5. The molecule has 2 aliphatic rings. The molecular weight excluding hydrogens is 324 g/mol. The van der Waals surface area contributed by atoms with Crippen molar-refractivity contribution in [3.63, 3.8) is 0 Å². The molecule has 0 atom stereocenters. The number of hydrogen-bond acceptors (Lipinski definition) is 5. The van der Waals surface area contributed by atoms with Crippen LogP contribution in [0.15, 0.2) is 28.8 Å². The topological polar surface area (TPSA) is 73.1 Å². The Bertz CT molecular complexity index is 811.